The van der Waals surface area contributed by atoms with Crippen molar-refractivity contribution in [2.75, 3.05) is 39.1 Å². The molecular weight excluding hydrogens is 258 g/mol. The van der Waals surface area contributed by atoms with Crippen LogP contribution in [0.2, 0.25) is 0 Å². The predicted molar refractivity (Wildman–Crippen MR) is 66.4 cm³/mol. The van der Waals surface area contributed by atoms with Crippen LogP contribution in [-0.4, -0.2) is 56.2 Å². The first kappa shape index (κ1) is 14.8. The van der Waals surface area contributed by atoms with Gasteiger partial charge in [0.25, 0.3) is 0 Å². The fourth-order valence-electron chi connectivity index (χ4n) is 1.40. The van der Waals surface area contributed by atoms with E-state index in [9.17, 15) is 8.42 Å². The number of hydrogen-bond acceptors (Lipinski definition) is 6. The molecule has 0 atom stereocenters. The molecule has 1 rings (SSSR count). The third kappa shape index (κ3) is 3.39. The van der Waals surface area contributed by atoms with Crippen molar-refractivity contribution in [3.8, 4) is 0 Å². The zero-order chi connectivity index (χ0) is 13.6. The number of aliphatic hydroxyl groups excluding tert-OH is 1. The molecular formula is C10H17N3O4S. The second-order valence-electron chi connectivity index (χ2n) is 3.53. The van der Waals surface area contributed by atoms with Crippen LogP contribution in [0.3, 0.4) is 0 Å². The van der Waals surface area contributed by atoms with Crippen molar-refractivity contribution in [1.29, 1.82) is 0 Å². The average molecular weight is 275 g/mol. The number of anilines is 1. The lowest BCUT2D eigenvalue weighted by Crippen LogP contribution is -2.36. The number of pyridine rings is 1. The van der Waals surface area contributed by atoms with Gasteiger partial charge in [-0.1, -0.05) is 0 Å². The standard InChI is InChI=1S/C10H17N3O4S/c1-17-7-5-13(4-6-14)18(15,16)10-8-12-3-2-9(10)11/h2-3,8,14H,4-7H2,1H3,(H2,11,12). The van der Waals surface area contributed by atoms with Crippen LogP contribution < -0.4 is 5.73 Å². The van der Waals surface area contributed by atoms with E-state index in [1.54, 1.807) is 0 Å². The van der Waals surface area contributed by atoms with Crippen molar-refractivity contribution in [2.24, 2.45) is 0 Å². The molecule has 7 nitrogen and oxygen atoms in total. The third-order valence-electron chi connectivity index (χ3n) is 2.33. The second kappa shape index (κ2) is 6.64. The van der Waals surface area contributed by atoms with Gasteiger partial charge in [-0.25, -0.2) is 8.42 Å². The van der Waals surface area contributed by atoms with Gasteiger partial charge in [0, 0.05) is 32.6 Å². The summed E-state index contributed by atoms with van der Waals surface area (Å²) in [6.07, 6.45) is 2.61. The Morgan fingerprint density at radius 1 is 1.50 bits per heavy atom. The Labute approximate surface area is 106 Å². The maximum atomic E-state index is 12.3. The highest BCUT2D eigenvalue weighted by Gasteiger charge is 2.25. The van der Waals surface area contributed by atoms with Gasteiger partial charge in [-0.05, 0) is 6.07 Å². The molecule has 0 aromatic carbocycles. The van der Waals surface area contributed by atoms with Gasteiger partial charge < -0.3 is 15.6 Å². The van der Waals surface area contributed by atoms with Crippen molar-refractivity contribution in [2.45, 2.75) is 4.90 Å². The van der Waals surface area contributed by atoms with Crippen molar-refractivity contribution >= 4 is 15.7 Å². The molecule has 0 aliphatic heterocycles. The van der Waals surface area contributed by atoms with Gasteiger partial charge >= 0.3 is 0 Å². The summed E-state index contributed by atoms with van der Waals surface area (Å²) in [4.78, 5) is 3.69. The maximum Gasteiger partial charge on any atom is 0.246 e. The molecule has 0 aliphatic rings. The molecule has 1 aromatic rings. The summed E-state index contributed by atoms with van der Waals surface area (Å²) in [5, 5.41) is 8.92. The highest BCUT2D eigenvalue weighted by atomic mass is 32.2. The summed E-state index contributed by atoms with van der Waals surface area (Å²) in [7, 11) is -2.29. The number of ether oxygens (including phenoxy) is 1. The summed E-state index contributed by atoms with van der Waals surface area (Å²) in [6.45, 7) is 0.0935. The maximum absolute atomic E-state index is 12.3. The summed E-state index contributed by atoms with van der Waals surface area (Å²) < 4.78 is 30.5. The van der Waals surface area contributed by atoms with Crippen LogP contribution in [0.4, 0.5) is 5.69 Å². The molecule has 18 heavy (non-hydrogen) atoms. The first-order chi connectivity index (χ1) is 8.54. The topological polar surface area (TPSA) is 106 Å². The van der Waals surface area contributed by atoms with E-state index in [0.717, 1.165) is 4.31 Å². The van der Waals surface area contributed by atoms with E-state index >= 15 is 0 Å². The van der Waals surface area contributed by atoms with Crippen molar-refractivity contribution in [1.82, 2.24) is 9.29 Å². The highest BCUT2D eigenvalue weighted by Crippen LogP contribution is 2.20. The smallest absolute Gasteiger partial charge is 0.246 e. The Morgan fingerprint density at radius 2 is 2.22 bits per heavy atom. The van der Waals surface area contributed by atoms with Crippen LogP contribution in [0, 0.1) is 0 Å². The normalized spacial score (nSPS) is 11.9. The molecule has 0 saturated carbocycles. The summed E-state index contributed by atoms with van der Waals surface area (Å²) in [5.41, 5.74) is 5.76. The van der Waals surface area contributed by atoms with E-state index in [0.29, 0.717) is 0 Å². The minimum Gasteiger partial charge on any atom is -0.398 e. The van der Waals surface area contributed by atoms with Gasteiger partial charge in [-0.3, -0.25) is 4.98 Å². The van der Waals surface area contributed by atoms with Gasteiger partial charge in [-0.2, -0.15) is 4.31 Å². The summed E-state index contributed by atoms with van der Waals surface area (Å²) >= 11 is 0. The Hall–Kier alpha value is -1.22. The Balaban J connectivity index is 3.05. The van der Waals surface area contributed by atoms with Crippen LogP contribution in [-0.2, 0) is 14.8 Å². The molecule has 1 aromatic heterocycles. The first-order valence-corrected chi connectivity index (χ1v) is 6.77. The number of nitrogens with two attached hydrogens (primary N) is 1. The van der Waals surface area contributed by atoms with E-state index in [1.807, 2.05) is 0 Å². The predicted octanol–water partition coefficient (Wildman–Crippen LogP) is -0.707. The van der Waals surface area contributed by atoms with Crippen LogP contribution in [0.5, 0.6) is 0 Å². The number of rotatable bonds is 7. The van der Waals surface area contributed by atoms with Gasteiger partial charge in [0.2, 0.25) is 10.0 Å². The van der Waals surface area contributed by atoms with Crippen molar-refractivity contribution in [3.63, 3.8) is 0 Å². The van der Waals surface area contributed by atoms with Crippen molar-refractivity contribution < 1.29 is 18.3 Å². The Morgan fingerprint density at radius 3 is 2.78 bits per heavy atom. The van der Waals surface area contributed by atoms with Crippen LogP contribution in [0.25, 0.3) is 0 Å². The van der Waals surface area contributed by atoms with E-state index in [4.69, 9.17) is 15.6 Å². The molecule has 0 aliphatic carbocycles. The number of aliphatic hydroxyl groups is 1. The van der Waals surface area contributed by atoms with Gasteiger partial charge in [0.1, 0.15) is 4.90 Å². The van der Waals surface area contributed by atoms with E-state index < -0.39 is 10.0 Å². The number of aromatic nitrogens is 1. The summed E-state index contributed by atoms with van der Waals surface area (Å²) in [6, 6.07) is 1.42. The molecule has 8 heteroatoms. The fraction of sp³-hybridized carbons (Fsp3) is 0.500. The number of nitrogens with zero attached hydrogens (tertiary/aromatic N) is 2. The lowest BCUT2D eigenvalue weighted by atomic mass is 10.4. The molecule has 0 spiro atoms. The van der Waals surface area contributed by atoms with E-state index in [2.05, 4.69) is 4.98 Å². The molecule has 0 unspecified atom stereocenters. The lowest BCUT2D eigenvalue weighted by molar-refractivity contribution is 0.168. The van der Waals surface area contributed by atoms with Crippen LogP contribution in [0.15, 0.2) is 23.4 Å². The van der Waals surface area contributed by atoms with E-state index in [-0.39, 0.29) is 36.9 Å². The molecule has 0 saturated heterocycles. The van der Waals surface area contributed by atoms with Gasteiger partial charge in [0.05, 0.1) is 18.9 Å². The Bertz CT molecular complexity index is 478. The molecule has 0 bridgehead atoms. The van der Waals surface area contributed by atoms with Crippen LogP contribution in [0.1, 0.15) is 0 Å². The number of sulfonamides is 1. The molecule has 0 fully saturated rings. The SMILES string of the molecule is COCCN(CCO)S(=O)(=O)c1cnccc1N. The molecule has 0 amide bonds. The Kier molecular flexibility index (Phi) is 5.48. The number of hydrogen-bond donors (Lipinski definition) is 2. The minimum absolute atomic E-state index is 0.0139. The number of nitrogen functional groups attached to an aromatic ring is 1. The lowest BCUT2D eigenvalue weighted by Gasteiger charge is -2.21. The molecule has 1 heterocycles. The molecule has 0 radical (unpaired) electrons. The largest absolute Gasteiger partial charge is 0.398 e. The highest BCUT2D eigenvalue weighted by molar-refractivity contribution is 7.89. The monoisotopic (exact) mass is 275 g/mol. The van der Waals surface area contributed by atoms with Gasteiger partial charge in [-0.15, -0.1) is 0 Å². The quantitative estimate of drug-likeness (QED) is 0.681. The van der Waals surface area contributed by atoms with Crippen LogP contribution >= 0.6 is 0 Å². The second-order valence-corrected chi connectivity index (χ2v) is 5.44. The third-order valence-corrected chi connectivity index (χ3v) is 4.27. The molecule has 3 N–H and O–H groups in total. The average Bonchev–Trinajstić information content (AvgIpc) is 2.34. The van der Waals surface area contributed by atoms with E-state index in [1.165, 1.54) is 25.6 Å². The minimum atomic E-state index is -3.76. The summed E-state index contributed by atoms with van der Waals surface area (Å²) in [5.74, 6) is 0. The van der Waals surface area contributed by atoms with Crippen molar-refractivity contribution in [3.05, 3.63) is 18.5 Å². The zero-order valence-electron chi connectivity index (χ0n) is 10.1. The zero-order valence-corrected chi connectivity index (χ0v) is 10.9. The first-order valence-electron chi connectivity index (χ1n) is 5.33. The molecule has 102 valence electrons. The van der Waals surface area contributed by atoms with Gasteiger partial charge in [0.15, 0.2) is 0 Å². The number of methoxy groups -OCH3 is 1. The fourth-order valence-corrected chi connectivity index (χ4v) is 2.88.